The van der Waals surface area contributed by atoms with Crippen LogP contribution in [0, 0.1) is 96.9 Å². The van der Waals surface area contributed by atoms with Crippen molar-refractivity contribution in [1.29, 1.82) is 0 Å². The molecule has 0 fully saturated rings. The first-order chi connectivity index (χ1) is 20.1. The molecule has 0 unspecified atom stereocenters. The molecule has 4 aromatic carbocycles. The van der Waals surface area contributed by atoms with Crippen molar-refractivity contribution in [3.8, 4) is 0 Å². The van der Waals surface area contributed by atoms with Crippen molar-refractivity contribution < 1.29 is 0 Å². The van der Waals surface area contributed by atoms with E-state index in [1.54, 1.807) is 0 Å². The van der Waals surface area contributed by atoms with Gasteiger partial charge in [0.15, 0.2) is 0 Å². The molecule has 0 aliphatic carbocycles. The Bertz CT molecular complexity index is 2080. The average molecular weight is 571 g/mol. The fraction of sp³-hybridized carbons (Fsp3) is 0.415. The number of hydrogen-bond donors (Lipinski definition) is 0. The second-order valence-corrected chi connectivity index (χ2v) is 13.9. The average Bonchev–Trinajstić information content (AvgIpc) is 3.46. The van der Waals surface area contributed by atoms with Gasteiger partial charge in [-0.15, -0.1) is 0 Å². The fourth-order valence-corrected chi connectivity index (χ4v) is 8.82. The standard InChI is InChI=1S/C41H50N2/c1-18-20(3)28(11)38-34(24(18)7)36-26(9)22(5)32(30(13)40(36)42(38)15)17-33-23(6)27(10)37-35-25(8)19(2)21(4)29(12)39(35)43(16)41(37)31(33)14/h17H2,1-16H3. The van der Waals surface area contributed by atoms with Crippen molar-refractivity contribution in [2.45, 2.75) is 103 Å². The zero-order valence-electron chi connectivity index (χ0n) is 29.6. The summed E-state index contributed by atoms with van der Waals surface area (Å²) in [6.45, 7) is 32.6. The number of rotatable bonds is 2. The summed E-state index contributed by atoms with van der Waals surface area (Å²) >= 11 is 0. The molecule has 0 saturated carbocycles. The van der Waals surface area contributed by atoms with Gasteiger partial charge in [0.25, 0.3) is 0 Å². The van der Waals surface area contributed by atoms with E-state index in [2.05, 4.69) is 120 Å². The van der Waals surface area contributed by atoms with E-state index in [9.17, 15) is 0 Å². The normalized spacial score (nSPS) is 12.3. The topological polar surface area (TPSA) is 9.86 Å². The maximum atomic E-state index is 2.50. The first-order valence-electron chi connectivity index (χ1n) is 16.0. The second kappa shape index (κ2) is 9.49. The maximum absolute atomic E-state index is 2.50. The third-order valence-corrected chi connectivity index (χ3v) is 12.4. The minimum atomic E-state index is 0.956. The monoisotopic (exact) mass is 570 g/mol. The Morgan fingerprint density at radius 2 is 0.512 bits per heavy atom. The molecule has 0 saturated heterocycles. The molecule has 2 aromatic heterocycles. The highest BCUT2D eigenvalue weighted by molar-refractivity contribution is 6.15. The summed E-state index contributed by atoms with van der Waals surface area (Å²) in [5.74, 6) is 0. The summed E-state index contributed by atoms with van der Waals surface area (Å²) in [6.07, 6.45) is 0.956. The van der Waals surface area contributed by atoms with E-state index in [0.717, 1.165) is 6.42 Å². The molecule has 224 valence electrons. The van der Waals surface area contributed by atoms with Crippen LogP contribution in [0.2, 0.25) is 0 Å². The zero-order chi connectivity index (χ0) is 31.7. The number of aromatic nitrogens is 2. The van der Waals surface area contributed by atoms with Gasteiger partial charge < -0.3 is 9.13 Å². The molecule has 0 atom stereocenters. The Morgan fingerprint density at radius 1 is 0.279 bits per heavy atom. The van der Waals surface area contributed by atoms with E-state index in [4.69, 9.17) is 0 Å². The van der Waals surface area contributed by atoms with Crippen LogP contribution in [0.1, 0.15) is 89.0 Å². The molecule has 6 aromatic rings. The highest BCUT2D eigenvalue weighted by Crippen LogP contribution is 2.44. The summed E-state index contributed by atoms with van der Waals surface area (Å²) in [6, 6.07) is 0. The van der Waals surface area contributed by atoms with Crippen LogP contribution < -0.4 is 0 Å². The molecular weight excluding hydrogens is 520 g/mol. The molecule has 0 N–H and O–H groups in total. The lowest BCUT2D eigenvalue weighted by Gasteiger charge is -2.21. The highest BCUT2D eigenvalue weighted by Gasteiger charge is 2.26. The van der Waals surface area contributed by atoms with E-state index in [0.29, 0.717) is 0 Å². The van der Waals surface area contributed by atoms with Crippen LogP contribution in [0.25, 0.3) is 43.6 Å². The molecule has 2 heterocycles. The molecular formula is C41H50N2. The van der Waals surface area contributed by atoms with Crippen LogP contribution in [-0.2, 0) is 20.5 Å². The van der Waals surface area contributed by atoms with Gasteiger partial charge in [-0.2, -0.15) is 0 Å². The summed E-state index contributed by atoms with van der Waals surface area (Å²) in [7, 11) is 4.57. The summed E-state index contributed by atoms with van der Waals surface area (Å²) in [4.78, 5) is 0. The van der Waals surface area contributed by atoms with E-state index in [-0.39, 0.29) is 0 Å². The van der Waals surface area contributed by atoms with Gasteiger partial charge in [-0.05, 0) is 192 Å². The maximum Gasteiger partial charge on any atom is 0.0524 e. The van der Waals surface area contributed by atoms with Gasteiger partial charge in [0.2, 0.25) is 0 Å². The zero-order valence-corrected chi connectivity index (χ0v) is 29.6. The lowest BCUT2D eigenvalue weighted by atomic mass is 9.84. The first kappa shape index (κ1) is 29.5. The SMILES string of the molecule is Cc1c(C)c(C)c2c(c1C)c1c(C)c(C)c(Cc3c(C)c(C)c4c5c(C)c(C)c(C)c(C)c5n(C)c4c3C)c(C)c1n2C. The Labute approximate surface area is 258 Å². The predicted molar refractivity (Wildman–Crippen MR) is 190 cm³/mol. The lowest BCUT2D eigenvalue weighted by molar-refractivity contribution is 0.980. The minimum Gasteiger partial charge on any atom is -0.343 e. The number of fused-ring (bicyclic) bond motifs is 6. The molecule has 0 aliphatic rings. The van der Waals surface area contributed by atoms with Crippen LogP contribution in [0.3, 0.4) is 0 Å². The summed E-state index contributed by atoms with van der Waals surface area (Å²) in [5.41, 5.74) is 28.6. The van der Waals surface area contributed by atoms with Gasteiger partial charge in [-0.25, -0.2) is 0 Å². The van der Waals surface area contributed by atoms with Crippen LogP contribution in [0.15, 0.2) is 0 Å². The second-order valence-electron chi connectivity index (χ2n) is 13.9. The van der Waals surface area contributed by atoms with E-state index in [1.807, 2.05) is 0 Å². The highest BCUT2D eigenvalue weighted by atomic mass is 15.0. The Hall–Kier alpha value is -3.52. The van der Waals surface area contributed by atoms with Crippen LogP contribution in [0.4, 0.5) is 0 Å². The smallest absolute Gasteiger partial charge is 0.0524 e. The van der Waals surface area contributed by atoms with Gasteiger partial charge in [0.05, 0.1) is 22.1 Å². The number of nitrogens with zero attached hydrogens (tertiary/aromatic N) is 2. The summed E-state index contributed by atoms with van der Waals surface area (Å²) < 4.78 is 5.00. The fourth-order valence-electron chi connectivity index (χ4n) is 8.82. The van der Waals surface area contributed by atoms with Crippen molar-refractivity contribution in [2.24, 2.45) is 14.1 Å². The first-order valence-corrected chi connectivity index (χ1v) is 16.0. The number of aryl methyl sites for hydroxylation is 10. The molecule has 0 bridgehead atoms. The molecule has 0 radical (unpaired) electrons. The minimum absolute atomic E-state index is 0.956. The van der Waals surface area contributed by atoms with Gasteiger partial charge in [-0.1, -0.05) is 0 Å². The van der Waals surface area contributed by atoms with Crippen molar-refractivity contribution in [3.05, 3.63) is 89.0 Å². The van der Waals surface area contributed by atoms with Crippen LogP contribution in [0.5, 0.6) is 0 Å². The molecule has 2 heteroatoms. The van der Waals surface area contributed by atoms with Gasteiger partial charge >= 0.3 is 0 Å². The van der Waals surface area contributed by atoms with E-state index >= 15 is 0 Å². The van der Waals surface area contributed by atoms with Gasteiger partial charge in [0.1, 0.15) is 0 Å². The quantitative estimate of drug-likeness (QED) is 0.196. The van der Waals surface area contributed by atoms with E-state index in [1.165, 1.54) is 133 Å². The third-order valence-electron chi connectivity index (χ3n) is 12.4. The largest absolute Gasteiger partial charge is 0.343 e. The molecule has 2 nitrogen and oxygen atoms in total. The van der Waals surface area contributed by atoms with Crippen molar-refractivity contribution in [3.63, 3.8) is 0 Å². The van der Waals surface area contributed by atoms with Gasteiger partial charge in [0, 0.05) is 35.6 Å². The molecule has 0 spiro atoms. The van der Waals surface area contributed by atoms with Gasteiger partial charge in [-0.3, -0.25) is 0 Å². The Morgan fingerprint density at radius 3 is 0.814 bits per heavy atom. The molecule has 0 amide bonds. The third kappa shape index (κ3) is 3.53. The predicted octanol–water partition coefficient (Wildman–Crippen LogP) is 10.9. The Kier molecular flexibility index (Phi) is 6.52. The summed E-state index contributed by atoms with van der Waals surface area (Å²) in [5, 5.41) is 5.80. The Balaban J connectivity index is 1.70. The van der Waals surface area contributed by atoms with Crippen molar-refractivity contribution in [2.75, 3.05) is 0 Å². The van der Waals surface area contributed by atoms with Crippen molar-refractivity contribution >= 4 is 43.6 Å². The number of hydrogen-bond acceptors (Lipinski definition) is 0. The molecule has 43 heavy (non-hydrogen) atoms. The van der Waals surface area contributed by atoms with E-state index < -0.39 is 0 Å². The van der Waals surface area contributed by atoms with Crippen LogP contribution in [-0.4, -0.2) is 9.13 Å². The number of benzene rings is 4. The molecule has 0 aliphatic heterocycles. The van der Waals surface area contributed by atoms with Crippen LogP contribution >= 0.6 is 0 Å². The van der Waals surface area contributed by atoms with Crippen molar-refractivity contribution in [1.82, 2.24) is 9.13 Å². The molecule has 6 rings (SSSR count). The lowest BCUT2D eigenvalue weighted by Crippen LogP contribution is -2.06.